The largest absolute Gasteiger partial charge is 0.352 e. The van der Waals surface area contributed by atoms with Crippen LogP contribution < -0.4 is 10.9 Å². The number of benzene rings is 1. The van der Waals surface area contributed by atoms with Crippen molar-refractivity contribution in [3.63, 3.8) is 0 Å². The van der Waals surface area contributed by atoms with Gasteiger partial charge in [0.15, 0.2) is 0 Å². The van der Waals surface area contributed by atoms with Gasteiger partial charge in [0.25, 0.3) is 5.56 Å². The summed E-state index contributed by atoms with van der Waals surface area (Å²) in [4.78, 5) is 32.6. The lowest BCUT2D eigenvalue weighted by Crippen LogP contribution is -2.41. The SMILES string of the molecule is Cc1cccc(=O)n1CC(=O)NC1CCCC(c2nc3ccccc3[nH]2)C1. The van der Waals surface area contributed by atoms with Crippen LogP contribution in [-0.4, -0.2) is 26.5 Å². The Balaban J connectivity index is 1.42. The van der Waals surface area contributed by atoms with Gasteiger partial charge in [-0.3, -0.25) is 9.59 Å². The van der Waals surface area contributed by atoms with E-state index in [1.165, 1.54) is 10.6 Å². The zero-order chi connectivity index (χ0) is 18.8. The highest BCUT2D eigenvalue weighted by Crippen LogP contribution is 2.32. The van der Waals surface area contributed by atoms with Crippen molar-refractivity contribution in [3.8, 4) is 0 Å². The second kappa shape index (κ2) is 7.39. The number of carbonyl (C=O) groups excluding carboxylic acids is 1. The van der Waals surface area contributed by atoms with Gasteiger partial charge in [-0.15, -0.1) is 0 Å². The Hall–Kier alpha value is -2.89. The number of carbonyl (C=O) groups is 1. The minimum Gasteiger partial charge on any atom is -0.352 e. The molecule has 6 nitrogen and oxygen atoms in total. The van der Waals surface area contributed by atoms with Crippen molar-refractivity contribution < 1.29 is 4.79 Å². The summed E-state index contributed by atoms with van der Waals surface area (Å²) in [7, 11) is 0. The Bertz CT molecular complexity index is 987. The number of para-hydroxylation sites is 2. The highest BCUT2D eigenvalue weighted by atomic mass is 16.2. The van der Waals surface area contributed by atoms with Gasteiger partial charge in [0.1, 0.15) is 12.4 Å². The summed E-state index contributed by atoms with van der Waals surface area (Å²) in [6, 6.07) is 13.2. The fourth-order valence-electron chi connectivity index (χ4n) is 3.98. The van der Waals surface area contributed by atoms with Crippen molar-refractivity contribution in [2.24, 2.45) is 0 Å². The van der Waals surface area contributed by atoms with Crippen LogP contribution in [0, 0.1) is 6.92 Å². The van der Waals surface area contributed by atoms with Crippen LogP contribution in [0.1, 0.15) is 43.1 Å². The second-order valence-electron chi connectivity index (χ2n) is 7.36. The highest BCUT2D eigenvalue weighted by molar-refractivity contribution is 5.76. The molecule has 0 spiro atoms. The van der Waals surface area contributed by atoms with E-state index in [0.29, 0.717) is 5.92 Å². The van der Waals surface area contributed by atoms with E-state index < -0.39 is 0 Å². The minimum atomic E-state index is -0.144. The number of imidazole rings is 1. The predicted octanol–water partition coefficient (Wildman–Crippen LogP) is 2.88. The van der Waals surface area contributed by atoms with Crippen molar-refractivity contribution in [1.29, 1.82) is 0 Å². The Labute approximate surface area is 157 Å². The van der Waals surface area contributed by atoms with Crippen LogP contribution in [0.4, 0.5) is 0 Å². The molecule has 2 atom stereocenters. The van der Waals surface area contributed by atoms with E-state index in [1.54, 1.807) is 6.07 Å². The molecule has 1 aliphatic carbocycles. The number of H-pyrrole nitrogens is 1. The Morgan fingerprint density at radius 1 is 1.22 bits per heavy atom. The van der Waals surface area contributed by atoms with Crippen LogP contribution in [0.5, 0.6) is 0 Å². The maximum atomic E-state index is 12.5. The topological polar surface area (TPSA) is 79.8 Å². The predicted molar refractivity (Wildman–Crippen MR) is 105 cm³/mol. The van der Waals surface area contributed by atoms with E-state index in [2.05, 4.69) is 10.3 Å². The van der Waals surface area contributed by atoms with E-state index in [1.807, 2.05) is 37.3 Å². The molecule has 1 aromatic carbocycles. The Morgan fingerprint density at radius 2 is 2.07 bits per heavy atom. The monoisotopic (exact) mass is 364 g/mol. The molecule has 0 bridgehead atoms. The number of fused-ring (bicyclic) bond motifs is 1. The number of amides is 1. The molecule has 3 aromatic rings. The van der Waals surface area contributed by atoms with Gasteiger partial charge in [-0.2, -0.15) is 0 Å². The fraction of sp³-hybridized carbons (Fsp3) is 0.381. The molecule has 1 amide bonds. The fourth-order valence-corrected chi connectivity index (χ4v) is 3.98. The summed E-state index contributed by atoms with van der Waals surface area (Å²) >= 11 is 0. The third kappa shape index (κ3) is 3.79. The average molecular weight is 364 g/mol. The number of hydrogen-bond acceptors (Lipinski definition) is 3. The normalized spacial score (nSPS) is 19.9. The summed E-state index contributed by atoms with van der Waals surface area (Å²) in [6.07, 6.45) is 3.96. The number of rotatable bonds is 4. The summed E-state index contributed by atoms with van der Waals surface area (Å²) in [6.45, 7) is 1.91. The average Bonchev–Trinajstić information content (AvgIpc) is 3.09. The molecule has 0 saturated heterocycles. The molecular formula is C21H24N4O2. The van der Waals surface area contributed by atoms with E-state index in [4.69, 9.17) is 4.98 Å². The second-order valence-corrected chi connectivity index (χ2v) is 7.36. The molecule has 0 radical (unpaired) electrons. The molecule has 2 N–H and O–H groups in total. The van der Waals surface area contributed by atoms with Crippen molar-refractivity contribution in [1.82, 2.24) is 19.9 Å². The lowest BCUT2D eigenvalue weighted by atomic mass is 9.85. The number of pyridine rings is 1. The van der Waals surface area contributed by atoms with Crippen molar-refractivity contribution in [2.75, 3.05) is 0 Å². The number of aryl methyl sites for hydroxylation is 1. The molecule has 0 aliphatic heterocycles. The molecule has 2 aromatic heterocycles. The summed E-state index contributed by atoms with van der Waals surface area (Å²) in [5.41, 5.74) is 2.69. The van der Waals surface area contributed by atoms with Gasteiger partial charge in [-0.25, -0.2) is 4.98 Å². The van der Waals surface area contributed by atoms with Gasteiger partial charge in [0, 0.05) is 23.7 Å². The maximum Gasteiger partial charge on any atom is 0.251 e. The van der Waals surface area contributed by atoms with Crippen LogP contribution in [0.2, 0.25) is 0 Å². The van der Waals surface area contributed by atoms with Crippen LogP contribution in [0.25, 0.3) is 11.0 Å². The van der Waals surface area contributed by atoms with Crippen LogP contribution in [0.3, 0.4) is 0 Å². The first kappa shape index (κ1) is 17.5. The molecule has 2 unspecified atom stereocenters. The van der Waals surface area contributed by atoms with Gasteiger partial charge in [0.2, 0.25) is 5.91 Å². The minimum absolute atomic E-state index is 0.0668. The molecule has 1 fully saturated rings. The maximum absolute atomic E-state index is 12.5. The Morgan fingerprint density at radius 3 is 2.89 bits per heavy atom. The lowest BCUT2D eigenvalue weighted by Gasteiger charge is -2.28. The van der Waals surface area contributed by atoms with Crippen molar-refractivity contribution in [3.05, 3.63) is 64.3 Å². The summed E-state index contributed by atoms with van der Waals surface area (Å²) in [5.74, 6) is 1.21. The molecule has 27 heavy (non-hydrogen) atoms. The quantitative estimate of drug-likeness (QED) is 0.747. The number of nitrogens with zero attached hydrogens (tertiary/aromatic N) is 2. The zero-order valence-electron chi connectivity index (χ0n) is 15.4. The Kier molecular flexibility index (Phi) is 4.79. The molecule has 140 valence electrons. The van der Waals surface area contributed by atoms with Crippen molar-refractivity contribution in [2.45, 2.75) is 51.1 Å². The zero-order valence-corrected chi connectivity index (χ0v) is 15.4. The van der Waals surface area contributed by atoms with E-state index in [0.717, 1.165) is 48.2 Å². The molecule has 6 heteroatoms. The summed E-state index contributed by atoms with van der Waals surface area (Å²) < 4.78 is 1.51. The number of aromatic nitrogens is 3. The molecule has 1 saturated carbocycles. The summed E-state index contributed by atoms with van der Waals surface area (Å²) in [5, 5.41) is 3.11. The van der Waals surface area contributed by atoms with Gasteiger partial charge < -0.3 is 14.9 Å². The number of aromatic amines is 1. The van der Waals surface area contributed by atoms with Crippen LogP contribution >= 0.6 is 0 Å². The van der Waals surface area contributed by atoms with E-state index in [-0.39, 0.29) is 24.1 Å². The van der Waals surface area contributed by atoms with Gasteiger partial charge in [0.05, 0.1) is 11.0 Å². The molecule has 4 rings (SSSR count). The lowest BCUT2D eigenvalue weighted by molar-refractivity contribution is -0.122. The third-order valence-electron chi connectivity index (χ3n) is 5.40. The van der Waals surface area contributed by atoms with E-state index >= 15 is 0 Å². The van der Waals surface area contributed by atoms with Gasteiger partial charge >= 0.3 is 0 Å². The third-order valence-corrected chi connectivity index (χ3v) is 5.40. The molecule has 2 heterocycles. The van der Waals surface area contributed by atoms with E-state index in [9.17, 15) is 9.59 Å². The number of nitrogens with one attached hydrogen (secondary N) is 2. The molecule has 1 aliphatic rings. The van der Waals surface area contributed by atoms with Crippen molar-refractivity contribution >= 4 is 16.9 Å². The van der Waals surface area contributed by atoms with Gasteiger partial charge in [-0.05, 0) is 44.4 Å². The highest BCUT2D eigenvalue weighted by Gasteiger charge is 2.26. The first-order valence-corrected chi connectivity index (χ1v) is 9.50. The van der Waals surface area contributed by atoms with Crippen LogP contribution in [-0.2, 0) is 11.3 Å². The smallest absolute Gasteiger partial charge is 0.251 e. The first-order valence-electron chi connectivity index (χ1n) is 9.50. The van der Waals surface area contributed by atoms with Crippen LogP contribution in [0.15, 0.2) is 47.3 Å². The number of hydrogen-bond donors (Lipinski definition) is 2. The molecular weight excluding hydrogens is 340 g/mol. The standard InChI is InChI=1S/C21H24N4O2/c1-14-6-4-11-20(27)25(14)13-19(26)22-16-8-5-7-15(12-16)21-23-17-9-2-3-10-18(17)24-21/h2-4,6,9-11,15-16H,5,7-8,12-13H2,1H3,(H,22,26)(H,23,24). The van der Waals surface area contributed by atoms with Gasteiger partial charge in [-0.1, -0.05) is 24.6 Å². The first-order chi connectivity index (χ1) is 13.1.